The first-order valence-corrected chi connectivity index (χ1v) is 7.53. The third kappa shape index (κ3) is 2.76. The number of ether oxygens (including phenoxy) is 4. The van der Waals surface area contributed by atoms with E-state index in [-0.39, 0.29) is 5.43 Å². The highest BCUT2D eigenvalue weighted by Crippen LogP contribution is 2.36. The van der Waals surface area contributed by atoms with Gasteiger partial charge in [-0.3, -0.25) is 4.79 Å². The topological polar surface area (TPSA) is 67.1 Å². The van der Waals surface area contributed by atoms with Crippen molar-refractivity contribution >= 4 is 11.0 Å². The van der Waals surface area contributed by atoms with Crippen molar-refractivity contribution in [1.29, 1.82) is 0 Å². The predicted octanol–water partition coefficient (Wildman–Crippen LogP) is 3.49. The molecule has 0 aliphatic carbocycles. The molecular formula is C19H18O6. The first-order chi connectivity index (χ1) is 12.1. The number of benzene rings is 2. The summed E-state index contributed by atoms with van der Waals surface area (Å²) in [6.45, 7) is 0. The Balaban J connectivity index is 2.22. The lowest BCUT2D eigenvalue weighted by Crippen LogP contribution is -2.06. The molecule has 2 aromatic carbocycles. The fraction of sp³-hybridized carbons (Fsp3) is 0.211. The molecule has 0 unspecified atom stereocenters. The van der Waals surface area contributed by atoms with E-state index in [1.165, 1.54) is 20.5 Å². The zero-order valence-corrected chi connectivity index (χ0v) is 14.4. The fourth-order valence-electron chi connectivity index (χ4n) is 2.71. The van der Waals surface area contributed by atoms with Gasteiger partial charge in [0.15, 0.2) is 22.8 Å². The van der Waals surface area contributed by atoms with E-state index in [0.717, 1.165) is 0 Å². The van der Waals surface area contributed by atoms with Gasteiger partial charge < -0.3 is 23.4 Å². The van der Waals surface area contributed by atoms with Crippen LogP contribution >= 0.6 is 0 Å². The van der Waals surface area contributed by atoms with Crippen LogP contribution in [0.25, 0.3) is 22.1 Å². The van der Waals surface area contributed by atoms with E-state index in [0.29, 0.717) is 45.1 Å². The summed E-state index contributed by atoms with van der Waals surface area (Å²) in [4.78, 5) is 12.9. The minimum absolute atomic E-state index is 0.172. The maximum Gasteiger partial charge on any atom is 0.204 e. The van der Waals surface area contributed by atoms with Gasteiger partial charge in [-0.15, -0.1) is 0 Å². The number of hydrogen-bond acceptors (Lipinski definition) is 6. The van der Waals surface area contributed by atoms with Gasteiger partial charge in [0.1, 0.15) is 6.26 Å². The summed E-state index contributed by atoms with van der Waals surface area (Å²) in [6, 6.07) is 8.59. The van der Waals surface area contributed by atoms with Gasteiger partial charge in [0.25, 0.3) is 0 Å². The van der Waals surface area contributed by atoms with Crippen molar-refractivity contribution in [2.45, 2.75) is 0 Å². The molecule has 130 valence electrons. The highest BCUT2D eigenvalue weighted by atomic mass is 16.5. The van der Waals surface area contributed by atoms with E-state index < -0.39 is 0 Å². The first-order valence-electron chi connectivity index (χ1n) is 7.53. The highest BCUT2D eigenvalue weighted by molar-refractivity contribution is 5.88. The second kappa shape index (κ2) is 6.76. The van der Waals surface area contributed by atoms with Crippen LogP contribution in [0.4, 0.5) is 0 Å². The van der Waals surface area contributed by atoms with Gasteiger partial charge in [0.2, 0.25) is 11.2 Å². The number of hydrogen-bond donors (Lipinski definition) is 0. The number of rotatable bonds is 5. The van der Waals surface area contributed by atoms with E-state index in [9.17, 15) is 4.79 Å². The van der Waals surface area contributed by atoms with E-state index in [1.807, 2.05) is 0 Å². The smallest absolute Gasteiger partial charge is 0.204 e. The summed E-state index contributed by atoms with van der Waals surface area (Å²) < 4.78 is 26.8. The third-order valence-corrected chi connectivity index (χ3v) is 3.98. The average molecular weight is 342 g/mol. The number of fused-ring (bicyclic) bond motifs is 1. The zero-order chi connectivity index (χ0) is 18.0. The van der Waals surface area contributed by atoms with Crippen molar-refractivity contribution in [2.24, 2.45) is 0 Å². The molecule has 1 heterocycles. The van der Waals surface area contributed by atoms with Crippen LogP contribution in [0.3, 0.4) is 0 Å². The van der Waals surface area contributed by atoms with Crippen LogP contribution < -0.4 is 24.4 Å². The first kappa shape index (κ1) is 16.7. The molecule has 0 atom stereocenters. The molecule has 6 nitrogen and oxygen atoms in total. The Kier molecular flexibility index (Phi) is 4.52. The molecule has 0 fully saturated rings. The highest BCUT2D eigenvalue weighted by Gasteiger charge is 2.17. The van der Waals surface area contributed by atoms with E-state index in [4.69, 9.17) is 23.4 Å². The summed E-state index contributed by atoms with van der Waals surface area (Å²) in [5.41, 5.74) is 1.26. The van der Waals surface area contributed by atoms with E-state index in [1.54, 1.807) is 44.6 Å². The molecule has 6 heteroatoms. The van der Waals surface area contributed by atoms with Gasteiger partial charge in [0.05, 0.1) is 39.4 Å². The lowest BCUT2D eigenvalue weighted by molar-refractivity contribution is 0.353. The van der Waals surface area contributed by atoms with Crippen LogP contribution in [0.15, 0.2) is 45.8 Å². The van der Waals surface area contributed by atoms with Crippen LogP contribution in [-0.2, 0) is 0 Å². The van der Waals surface area contributed by atoms with Crippen LogP contribution in [0.5, 0.6) is 23.0 Å². The van der Waals surface area contributed by atoms with Crippen molar-refractivity contribution in [3.8, 4) is 34.1 Å². The van der Waals surface area contributed by atoms with Gasteiger partial charge in [-0.1, -0.05) is 6.07 Å². The molecule has 0 bridgehead atoms. The molecule has 0 amide bonds. The minimum atomic E-state index is -0.172. The Morgan fingerprint density at radius 3 is 2.12 bits per heavy atom. The molecule has 0 aliphatic rings. The zero-order valence-electron chi connectivity index (χ0n) is 14.4. The lowest BCUT2D eigenvalue weighted by Gasteiger charge is -2.11. The molecule has 1 aromatic heterocycles. The molecule has 0 spiro atoms. The summed E-state index contributed by atoms with van der Waals surface area (Å²) >= 11 is 0. The van der Waals surface area contributed by atoms with Crippen molar-refractivity contribution in [3.63, 3.8) is 0 Å². The molecule has 25 heavy (non-hydrogen) atoms. The van der Waals surface area contributed by atoms with Crippen molar-refractivity contribution in [3.05, 3.63) is 46.8 Å². The predicted molar refractivity (Wildman–Crippen MR) is 94.1 cm³/mol. The summed E-state index contributed by atoms with van der Waals surface area (Å²) in [5.74, 6) is 2.00. The van der Waals surface area contributed by atoms with Crippen LogP contribution in [0.1, 0.15) is 0 Å². The molecule has 0 N–H and O–H groups in total. The average Bonchev–Trinajstić information content (AvgIpc) is 2.66. The molecule has 3 aromatic rings. The Hall–Kier alpha value is -3.15. The quantitative estimate of drug-likeness (QED) is 0.707. The molecule has 0 saturated carbocycles. The van der Waals surface area contributed by atoms with Gasteiger partial charge in [-0.2, -0.15) is 0 Å². The van der Waals surface area contributed by atoms with E-state index >= 15 is 0 Å². The standard InChI is InChI=1S/C19H18O6/c1-21-14-7-5-11(9-16(14)23-3)13-10-25-18-12(17(13)20)6-8-15(22-2)19(18)24-4/h5-10H,1-4H3. The molecular weight excluding hydrogens is 324 g/mol. The van der Waals surface area contributed by atoms with Crippen molar-refractivity contribution < 1.29 is 23.4 Å². The van der Waals surface area contributed by atoms with Crippen molar-refractivity contribution in [1.82, 2.24) is 0 Å². The Morgan fingerprint density at radius 2 is 1.48 bits per heavy atom. The number of methoxy groups -OCH3 is 4. The lowest BCUT2D eigenvalue weighted by atomic mass is 10.0. The van der Waals surface area contributed by atoms with Gasteiger partial charge >= 0.3 is 0 Å². The Morgan fingerprint density at radius 1 is 0.800 bits per heavy atom. The molecule has 0 aliphatic heterocycles. The Bertz CT molecular complexity index is 974. The second-order valence-corrected chi connectivity index (χ2v) is 5.23. The molecule has 3 rings (SSSR count). The van der Waals surface area contributed by atoms with E-state index in [2.05, 4.69) is 0 Å². The summed E-state index contributed by atoms with van der Waals surface area (Å²) in [5, 5.41) is 0.407. The van der Waals surface area contributed by atoms with Crippen LogP contribution in [0.2, 0.25) is 0 Å². The van der Waals surface area contributed by atoms with Crippen LogP contribution in [-0.4, -0.2) is 28.4 Å². The molecule has 0 radical (unpaired) electrons. The van der Waals surface area contributed by atoms with Gasteiger partial charge in [0, 0.05) is 0 Å². The van der Waals surface area contributed by atoms with Gasteiger partial charge in [-0.25, -0.2) is 0 Å². The second-order valence-electron chi connectivity index (χ2n) is 5.23. The fourth-order valence-corrected chi connectivity index (χ4v) is 2.71. The largest absolute Gasteiger partial charge is 0.493 e. The molecule has 0 saturated heterocycles. The maximum atomic E-state index is 12.9. The Labute approximate surface area is 144 Å². The SMILES string of the molecule is COc1ccc(-c2coc3c(OC)c(OC)ccc3c2=O)cc1OC. The summed E-state index contributed by atoms with van der Waals surface area (Å²) in [6.07, 6.45) is 1.41. The summed E-state index contributed by atoms with van der Waals surface area (Å²) in [7, 11) is 6.13. The normalized spacial score (nSPS) is 10.6. The minimum Gasteiger partial charge on any atom is -0.493 e. The monoisotopic (exact) mass is 342 g/mol. The van der Waals surface area contributed by atoms with Gasteiger partial charge in [-0.05, 0) is 29.8 Å². The maximum absolute atomic E-state index is 12.9. The third-order valence-electron chi connectivity index (χ3n) is 3.98. The van der Waals surface area contributed by atoms with Crippen LogP contribution in [0, 0.1) is 0 Å². The van der Waals surface area contributed by atoms with Crippen molar-refractivity contribution in [2.75, 3.05) is 28.4 Å².